The topological polar surface area (TPSA) is 0 Å². The predicted octanol–water partition coefficient (Wildman–Crippen LogP) is 1.37. The van der Waals surface area contributed by atoms with Crippen LogP contribution in [0.3, 0.4) is 0 Å². The van der Waals surface area contributed by atoms with Gasteiger partial charge in [-0.3, -0.25) is 0 Å². The summed E-state index contributed by atoms with van der Waals surface area (Å²) in [5, 5.41) is 4.08. The van der Waals surface area contributed by atoms with Crippen LogP contribution < -0.4 is 0 Å². The first-order valence-corrected chi connectivity index (χ1v) is 2.41. The molecule has 2 heteroatoms. The minimum atomic E-state index is 0. The van der Waals surface area contributed by atoms with Gasteiger partial charge in [-0.25, -0.2) is 0 Å². The molecule has 0 amide bonds. The number of rotatable bonds is 0. The minimum absolute atomic E-state index is 0. The normalized spacial score (nSPS) is 6.67. The molecule has 1 aromatic rings. The summed E-state index contributed by atoms with van der Waals surface area (Å²) < 4.78 is 0. The van der Waals surface area contributed by atoms with Crippen LogP contribution in [0.5, 0.6) is 0 Å². The first kappa shape index (κ1) is 7.34. The Labute approximate surface area is 84.0 Å². The van der Waals surface area contributed by atoms with Gasteiger partial charge in [0.05, 0.1) is 0 Å². The minimum Gasteiger partial charge on any atom is -0.152 e. The molecule has 1 radical (unpaired) electrons. The van der Waals surface area contributed by atoms with E-state index in [-0.39, 0.29) is 51.4 Å². The second-order valence-electron chi connectivity index (χ2n) is 0.793. The van der Waals surface area contributed by atoms with Gasteiger partial charge in [0.1, 0.15) is 0 Å². The third kappa shape index (κ3) is 2.50. The number of hydrogen-bond acceptors (Lipinski definition) is 1. The van der Waals surface area contributed by atoms with E-state index in [9.17, 15) is 0 Å². The average molecular weight is 123 g/mol. The van der Waals surface area contributed by atoms with Gasteiger partial charge in [-0.2, -0.15) is 11.3 Å². The smallest absolute Gasteiger partial charge is 0 e. The average Bonchev–Trinajstić information content (AvgIpc) is 1.76. The first-order valence-electron chi connectivity index (χ1n) is 1.47. The maximum absolute atomic E-state index is 2.04. The molecule has 1 rings (SSSR count). The van der Waals surface area contributed by atoms with E-state index < -0.39 is 0 Å². The molecule has 0 nitrogen and oxygen atoms in total. The van der Waals surface area contributed by atoms with Crippen LogP contribution in [0.4, 0.5) is 0 Å². The zero-order chi connectivity index (χ0) is 3.54. The summed E-state index contributed by atoms with van der Waals surface area (Å²) in [6.45, 7) is 0. The fraction of sp³-hybridized carbons (Fsp3) is 0. The Morgan fingerprint density at radius 3 is 1.67 bits per heavy atom. The summed E-state index contributed by atoms with van der Waals surface area (Å²) in [5.74, 6) is 0. The molecule has 0 spiro atoms. The molecule has 0 bridgehead atoms. The largest absolute Gasteiger partial charge is 0.152 e. The summed E-state index contributed by atoms with van der Waals surface area (Å²) in [4.78, 5) is 0. The van der Waals surface area contributed by atoms with Crippen LogP contribution in [0.2, 0.25) is 0 Å². The molecule has 1 heterocycles. The molecule has 0 aliphatic heterocycles. The molecular weight excluding hydrogens is 119 g/mol. The van der Waals surface area contributed by atoms with Crippen LogP contribution in [0.1, 0.15) is 0 Å². The van der Waals surface area contributed by atoms with E-state index in [2.05, 4.69) is 0 Å². The monoisotopic (exact) mass is 123 g/mol. The Morgan fingerprint density at radius 2 is 1.50 bits per heavy atom. The van der Waals surface area contributed by atoms with Crippen molar-refractivity contribution >= 4 is 62.7 Å². The van der Waals surface area contributed by atoms with E-state index in [1.54, 1.807) is 11.3 Å². The van der Waals surface area contributed by atoms with Crippen molar-refractivity contribution in [2.24, 2.45) is 0 Å². The molecule has 27 valence electrons. The van der Waals surface area contributed by atoms with Gasteiger partial charge >= 0.3 is 0 Å². The first-order chi connectivity index (χ1) is 2.50. The predicted molar refractivity (Wildman–Crippen MR) is 30.1 cm³/mol. The number of thiophene rings is 1. The third-order valence-corrected chi connectivity index (χ3v) is 1.05. The Kier molecular flexibility index (Phi) is 5.50. The molecule has 0 aromatic carbocycles. The molecule has 0 aliphatic rings. The van der Waals surface area contributed by atoms with Gasteiger partial charge in [0.25, 0.3) is 0 Å². The molecule has 0 N–H and O–H groups in total. The molecular formula is C4H4KS. The van der Waals surface area contributed by atoms with E-state index in [1.807, 2.05) is 22.9 Å². The fourth-order valence-corrected chi connectivity index (χ4v) is 0.680. The van der Waals surface area contributed by atoms with Crippen molar-refractivity contribution in [1.82, 2.24) is 0 Å². The van der Waals surface area contributed by atoms with Crippen LogP contribution >= 0.6 is 11.3 Å². The molecule has 0 atom stereocenters. The standard InChI is InChI=1S/C4H4S.K/c1-2-4-5-3-1;/h1-4H;. The molecule has 0 aliphatic carbocycles. The van der Waals surface area contributed by atoms with E-state index in [0.717, 1.165) is 0 Å². The SMILES string of the molecule is [K].c1ccsc1. The summed E-state index contributed by atoms with van der Waals surface area (Å²) in [6, 6.07) is 4.04. The van der Waals surface area contributed by atoms with Crippen molar-refractivity contribution in [3.05, 3.63) is 22.9 Å². The Balaban J connectivity index is 0.000000250. The van der Waals surface area contributed by atoms with E-state index in [4.69, 9.17) is 0 Å². The molecule has 0 unspecified atom stereocenters. The Morgan fingerprint density at radius 1 is 1.00 bits per heavy atom. The van der Waals surface area contributed by atoms with Crippen molar-refractivity contribution in [3.63, 3.8) is 0 Å². The van der Waals surface area contributed by atoms with Crippen LogP contribution in [0, 0.1) is 0 Å². The van der Waals surface area contributed by atoms with Gasteiger partial charge in [-0.15, -0.1) is 0 Å². The summed E-state index contributed by atoms with van der Waals surface area (Å²) in [7, 11) is 0. The third-order valence-electron chi connectivity index (χ3n) is 0.425. The van der Waals surface area contributed by atoms with E-state index in [1.165, 1.54) is 0 Å². The summed E-state index contributed by atoms with van der Waals surface area (Å²) in [5.41, 5.74) is 0. The maximum Gasteiger partial charge on any atom is 0 e. The van der Waals surface area contributed by atoms with E-state index in [0.29, 0.717) is 0 Å². The van der Waals surface area contributed by atoms with Gasteiger partial charge in [-0.05, 0) is 10.8 Å². The van der Waals surface area contributed by atoms with Gasteiger partial charge in [0.15, 0.2) is 0 Å². The quantitative estimate of drug-likeness (QED) is 0.457. The molecule has 0 fully saturated rings. The Hall–Kier alpha value is 1.34. The summed E-state index contributed by atoms with van der Waals surface area (Å²) >= 11 is 1.71. The van der Waals surface area contributed by atoms with Gasteiger partial charge < -0.3 is 0 Å². The van der Waals surface area contributed by atoms with Crippen LogP contribution in [0.15, 0.2) is 22.9 Å². The second kappa shape index (κ2) is 4.49. The fourth-order valence-electron chi connectivity index (χ4n) is 0.227. The van der Waals surface area contributed by atoms with Crippen molar-refractivity contribution in [1.29, 1.82) is 0 Å². The van der Waals surface area contributed by atoms with E-state index >= 15 is 0 Å². The van der Waals surface area contributed by atoms with Gasteiger partial charge in [0.2, 0.25) is 0 Å². The van der Waals surface area contributed by atoms with Crippen molar-refractivity contribution in [3.8, 4) is 0 Å². The van der Waals surface area contributed by atoms with Crippen LogP contribution in [-0.2, 0) is 0 Å². The van der Waals surface area contributed by atoms with Crippen LogP contribution in [-0.4, -0.2) is 51.4 Å². The van der Waals surface area contributed by atoms with Crippen molar-refractivity contribution in [2.45, 2.75) is 0 Å². The van der Waals surface area contributed by atoms with Gasteiger partial charge in [0, 0.05) is 51.4 Å². The van der Waals surface area contributed by atoms with Crippen LogP contribution in [0.25, 0.3) is 0 Å². The molecule has 0 saturated heterocycles. The van der Waals surface area contributed by atoms with Crippen molar-refractivity contribution < 1.29 is 0 Å². The second-order valence-corrected chi connectivity index (χ2v) is 1.61. The summed E-state index contributed by atoms with van der Waals surface area (Å²) in [6.07, 6.45) is 0. The van der Waals surface area contributed by atoms with Crippen molar-refractivity contribution in [2.75, 3.05) is 0 Å². The zero-order valence-corrected chi connectivity index (χ0v) is 7.66. The zero-order valence-electron chi connectivity index (χ0n) is 3.72. The van der Waals surface area contributed by atoms with Gasteiger partial charge in [-0.1, -0.05) is 12.1 Å². The number of hydrogen-bond donors (Lipinski definition) is 0. The Bertz CT molecular complexity index is 64.0. The maximum atomic E-state index is 2.04. The molecule has 1 aromatic heterocycles. The molecule has 0 saturated carbocycles. The molecule has 6 heavy (non-hydrogen) atoms.